The van der Waals surface area contributed by atoms with Gasteiger partial charge in [-0.2, -0.15) is 0 Å². The second-order valence-electron chi connectivity index (χ2n) is 6.03. The summed E-state index contributed by atoms with van der Waals surface area (Å²) in [5.41, 5.74) is 0. The van der Waals surface area contributed by atoms with Crippen LogP contribution in [0.4, 0.5) is 0 Å². The zero-order valence-corrected chi connectivity index (χ0v) is 14.8. The number of allylic oxidation sites excluding steroid dienone is 6. The Kier molecular flexibility index (Phi) is 10.3. The summed E-state index contributed by atoms with van der Waals surface area (Å²) in [6, 6.07) is -0.0212. The van der Waals surface area contributed by atoms with Crippen LogP contribution in [0, 0.1) is 5.92 Å². The molecular formula is C20H30N2O2. The van der Waals surface area contributed by atoms with Gasteiger partial charge in [-0.25, -0.2) is 0 Å². The van der Waals surface area contributed by atoms with E-state index in [0.717, 1.165) is 12.8 Å². The van der Waals surface area contributed by atoms with Crippen molar-refractivity contribution in [1.29, 1.82) is 0 Å². The number of carbonyl (C=O) groups excluding carboxylic acids is 2. The molecule has 1 atom stereocenters. The van der Waals surface area contributed by atoms with Gasteiger partial charge in [-0.15, -0.1) is 0 Å². The van der Waals surface area contributed by atoms with Gasteiger partial charge < -0.3 is 10.6 Å². The van der Waals surface area contributed by atoms with Crippen LogP contribution >= 0.6 is 0 Å². The van der Waals surface area contributed by atoms with Crippen molar-refractivity contribution in [2.75, 3.05) is 6.54 Å². The van der Waals surface area contributed by atoms with E-state index in [0.29, 0.717) is 12.5 Å². The maximum absolute atomic E-state index is 12.1. The monoisotopic (exact) mass is 330 g/mol. The summed E-state index contributed by atoms with van der Waals surface area (Å²) in [6.07, 6.45) is 19.7. The van der Waals surface area contributed by atoms with E-state index in [1.165, 1.54) is 31.4 Å². The smallest absolute Gasteiger partial charge is 0.244 e. The molecule has 1 fully saturated rings. The zero-order chi connectivity index (χ0) is 17.6. The van der Waals surface area contributed by atoms with Crippen LogP contribution < -0.4 is 10.6 Å². The lowest BCUT2D eigenvalue weighted by Gasteiger charge is -2.30. The predicted molar refractivity (Wildman–Crippen MR) is 99.4 cm³/mol. The Morgan fingerprint density at radius 2 is 1.50 bits per heavy atom. The van der Waals surface area contributed by atoms with Gasteiger partial charge in [-0.1, -0.05) is 55.7 Å². The van der Waals surface area contributed by atoms with Gasteiger partial charge in [0, 0.05) is 24.7 Å². The molecule has 4 heteroatoms. The first kappa shape index (κ1) is 19.9. The van der Waals surface area contributed by atoms with E-state index in [-0.39, 0.29) is 17.9 Å². The molecule has 0 radical (unpaired) electrons. The molecule has 1 aliphatic rings. The third-order valence-electron chi connectivity index (χ3n) is 4.15. The highest BCUT2D eigenvalue weighted by Gasteiger charge is 2.24. The topological polar surface area (TPSA) is 58.2 Å². The first-order chi connectivity index (χ1) is 11.7. The van der Waals surface area contributed by atoms with Gasteiger partial charge in [0.25, 0.3) is 0 Å². The van der Waals surface area contributed by atoms with Crippen LogP contribution in [-0.2, 0) is 9.59 Å². The van der Waals surface area contributed by atoms with Crippen LogP contribution in [0.5, 0.6) is 0 Å². The molecule has 0 saturated heterocycles. The van der Waals surface area contributed by atoms with E-state index in [1.807, 2.05) is 38.2 Å². The van der Waals surface area contributed by atoms with Crippen LogP contribution in [0.3, 0.4) is 0 Å². The number of hydrogen-bond donors (Lipinski definition) is 2. The molecular weight excluding hydrogens is 300 g/mol. The zero-order valence-electron chi connectivity index (χ0n) is 14.8. The van der Waals surface area contributed by atoms with Crippen LogP contribution in [0.25, 0.3) is 0 Å². The summed E-state index contributed by atoms with van der Waals surface area (Å²) in [5, 5.41) is 5.95. The molecule has 0 bridgehead atoms. The van der Waals surface area contributed by atoms with Crippen molar-refractivity contribution in [2.45, 2.75) is 52.0 Å². The van der Waals surface area contributed by atoms with Crippen LogP contribution in [0.1, 0.15) is 46.0 Å². The van der Waals surface area contributed by atoms with Gasteiger partial charge >= 0.3 is 0 Å². The van der Waals surface area contributed by atoms with Gasteiger partial charge in [-0.3, -0.25) is 9.59 Å². The summed E-state index contributed by atoms with van der Waals surface area (Å²) in [6.45, 7) is 4.27. The number of nitrogens with one attached hydrogen (secondary N) is 2. The number of rotatable bonds is 8. The van der Waals surface area contributed by atoms with E-state index in [4.69, 9.17) is 0 Å². The standard InChI is InChI=1S/C20H30N2O2/c1-3-5-8-14-19(23)21-16-18(17-12-10-7-11-13-17)22-20(24)15-9-6-4-2/h3-6,8-9,14-15,17-18H,7,10-13,16H2,1-2H3,(H,21,23)(H,22,24). The molecule has 1 aliphatic carbocycles. The Morgan fingerprint density at radius 3 is 2.08 bits per heavy atom. The van der Waals surface area contributed by atoms with Crippen LogP contribution in [0.2, 0.25) is 0 Å². The fourth-order valence-electron chi connectivity index (χ4n) is 2.88. The first-order valence-corrected chi connectivity index (χ1v) is 8.84. The summed E-state index contributed by atoms with van der Waals surface area (Å²) in [5.74, 6) is 0.188. The van der Waals surface area contributed by atoms with Gasteiger partial charge in [0.2, 0.25) is 11.8 Å². The van der Waals surface area contributed by atoms with Crippen LogP contribution in [-0.4, -0.2) is 24.4 Å². The highest BCUT2D eigenvalue weighted by molar-refractivity contribution is 5.89. The second kappa shape index (κ2) is 12.3. The predicted octanol–water partition coefficient (Wildman–Crippen LogP) is 3.43. The molecule has 0 aromatic rings. The molecule has 2 N–H and O–H groups in total. The van der Waals surface area contributed by atoms with Gasteiger partial charge in [0.05, 0.1) is 0 Å². The fraction of sp³-hybridized carbons (Fsp3) is 0.500. The fourth-order valence-corrected chi connectivity index (χ4v) is 2.88. The molecule has 0 aromatic carbocycles. The molecule has 1 saturated carbocycles. The average molecular weight is 330 g/mol. The van der Waals surface area contributed by atoms with Crippen LogP contribution in [0.15, 0.2) is 48.6 Å². The van der Waals surface area contributed by atoms with Gasteiger partial charge in [0.15, 0.2) is 0 Å². The molecule has 1 unspecified atom stereocenters. The molecule has 0 heterocycles. The van der Waals surface area contributed by atoms with E-state index >= 15 is 0 Å². The largest absolute Gasteiger partial charge is 0.350 e. The van der Waals surface area contributed by atoms with Gasteiger partial charge in [0.1, 0.15) is 0 Å². The average Bonchev–Trinajstić information content (AvgIpc) is 2.60. The normalized spacial score (nSPS) is 17.9. The van der Waals surface area contributed by atoms with Crippen molar-refractivity contribution in [3.05, 3.63) is 48.6 Å². The summed E-state index contributed by atoms with van der Waals surface area (Å²) in [4.78, 5) is 23.9. The molecule has 1 rings (SSSR count). The summed E-state index contributed by atoms with van der Waals surface area (Å²) >= 11 is 0. The quantitative estimate of drug-likeness (QED) is 0.529. The number of amides is 2. The highest BCUT2D eigenvalue weighted by Crippen LogP contribution is 2.26. The maximum atomic E-state index is 12.1. The Hall–Kier alpha value is -2.10. The third-order valence-corrected chi connectivity index (χ3v) is 4.15. The molecule has 0 aromatic heterocycles. The maximum Gasteiger partial charge on any atom is 0.244 e. The van der Waals surface area contributed by atoms with E-state index in [2.05, 4.69) is 10.6 Å². The first-order valence-electron chi connectivity index (χ1n) is 8.84. The minimum Gasteiger partial charge on any atom is -0.350 e. The molecule has 2 amide bonds. The molecule has 132 valence electrons. The van der Waals surface area contributed by atoms with Crippen molar-refractivity contribution in [1.82, 2.24) is 10.6 Å². The highest BCUT2D eigenvalue weighted by atomic mass is 16.2. The van der Waals surface area contributed by atoms with Crippen molar-refractivity contribution in [2.24, 2.45) is 5.92 Å². The Morgan fingerprint density at radius 1 is 0.917 bits per heavy atom. The SMILES string of the molecule is CC=CC=CC(=O)NCC(NC(=O)C=CC=CC)C1CCCCC1. The van der Waals surface area contributed by atoms with Crippen molar-refractivity contribution >= 4 is 11.8 Å². The Bertz CT molecular complexity index is 498. The lowest BCUT2D eigenvalue weighted by Crippen LogP contribution is -2.47. The Balaban J connectivity index is 2.60. The molecule has 24 heavy (non-hydrogen) atoms. The van der Waals surface area contributed by atoms with Crippen molar-refractivity contribution < 1.29 is 9.59 Å². The van der Waals surface area contributed by atoms with Crippen molar-refractivity contribution in [3.63, 3.8) is 0 Å². The third kappa shape index (κ3) is 8.51. The van der Waals surface area contributed by atoms with E-state index in [9.17, 15) is 9.59 Å². The molecule has 0 aliphatic heterocycles. The van der Waals surface area contributed by atoms with Crippen molar-refractivity contribution in [3.8, 4) is 0 Å². The van der Waals surface area contributed by atoms with E-state index in [1.54, 1.807) is 12.2 Å². The molecule has 0 spiro atoms. The van der Waals surface area contributed by atoms with Gasteiger partial charge in [-0.05, 0) is 32.6 Å². The molecule has 4 nitrogen and oxygen atoms in total. The number of hydrogen-bond acceptors (Lipinski definition) is 2. The minimum absolute atomic E-state index is 0.0212. The Labute approximate surface area is 145 Å². The minimum atomic E-state index is -0.132. The summed E-state index contributed by atoms with van der Waals surface area (Å²) < 4.78 is 0. The number of carbonyl (C=O) groups is 2. The van der Waals surface area contributed by atoms with E-state index < -0.39 is 0 Å². The second-order valence-corrected chi connectivity index (χ2v) is 6.03. The lowest BCUT2D eigenvalue weighted by atomic mass is 9.83. The lowest BCUT2D eigenvalue weighted by molar-refractivity contribution is -0.119. The summed E-state index contributed by atoms with van der Waals surface area (Å²) in [7, 11) is 0.